The van der Waals surface area contributed by atoms with Crippen molar-refractivity contribution in [2.45, 2.75) is 18.9 Å². The average molecular weight is 262 g/mol. The maximum atomic E-state index is 11.7. The van der Waals surface area contributed by atoms with E-state index in [-0.39, 0.29) is 12.0 Å². The van der Waals surface area contributed by atoms with Crippen LogP contribution in [0.15, 0.2) is 24.3 Å². The molecule has 19 heavy (non-hydrogen) atoms. The van der Waals surface area contributed by atoms with E-state index in [1.807, 2.05) is 25.1 Å². The van der Waals surface area contributed by atoms with Gasteiger partial charge in [-0.3, -0.25) is 4.79 Å². The fourth-order valence-electron chi connectivity index (χ4n) is 2.27. The van der Waals surface area contributed by atoms with Gasteiger partial charge in [-0.2, -0.15) is 0 Å². The van der Waals surface area contributed by atoms with Crippen LogP contribution in [0.4, 0.5) is 0 Å². The molecule has 104 valence electrons. The first-order valence-corrected chi connectivity index (χ1v) is 6.77. The normalized spacial score (nSPS) is 18.2. The van der Waals surface area contributed by atoms with Crippen LogP contribution < -0.4 is 5.32 Å². The van der Waals surface area contributed by atoms with Crippen LogP contribution in [0.5, 0.6) is 0 Å². The standard InChI is InChI=1S/C15H22N2O2/c1-17(2)9-7-15(18)16-11-14-13-6-4-3-5-12(13)8-10-19-14/h3-6,14H,7-11H2,1-2H3,(H,16,18)/t14-/m0/s1. The van der Waals surface area contributed by atoms with Gasteiger partial charge in [0, 0.05) is 19.5 Å². The second kappa shape index (κ2) is 6.68. The molecule has 1 aliphatic rings. The number of hydrogen-bond acceptors (Lipinski definition) is 3. The third-order valence-electron chi connectivity index (χ3n) is 3.36. The maximum absolute atomic E-state index is 11.7. The van der Waals surface area contributed by atoms with Gasteiger partial charge in [0.05, 0.1) is 6.61 Å². The van der Waals surface area contributed by atoms with Crippen molar-refractivity contribution in [2.75, 3.05) is 33.8 Å². The SMILES string of the molecule is CN(C)CCC(=O)NC[C@@H]1OCCc2ccccc21. The molecule has 0 saturated carbocycles. The highest BCUT2D eigenvalue weighted by atomic mass is 16.5. The second-order valence-electron chi connectivity index (χ2n) is 5.17. The fraction of sp³-hybridized carbons (Fsp3) is 0.533. The van der Waals surface area contributed by atoms with Crippen LogP contribution in [0, 0.1) is 0 Å². The molecule has 1 amide bonds. The number of nitrogens with zero attached hydrogens (tertiary/aromatic N) is 1. The van der Waals surface area contributed by atoms with Crippen molar-refractivity contribution in [3.05, 3.63) is 35.4 Å². The Morgan fingerprint density at radius 2 is 2.21 bits per heavy atom. The first-order valence-electron chi connectivity index (χ1n) is 6.77. The molecule has 0 aromatic heterocycles. The average Bonchev–Trinajstić information content (AvgIpc) is 2.42. The van der Waals surface area contributed by atoms with Crippen LogP contribution in [0.2, 0.25) is 0 Å². The van der Waals surface area contributed by atoms with Gasteiger partial charge < -0.3 is 15.0 Å². The molecule has 0 aliphatic carbocycles. The Morgan fingerprint density at radius 3 is 3.00 bits per heavy atom. The molecule has 0 saturated heterocycles. The van der Waals surface area contributed by atoms with Crippen molar-refractivity contribution >= 4 is 5.91 Å². The smallest absolute Gasteiger partial charge is 0.221 e. The Bertz CT molecular complexity index is 432. The number of amides is 1. The van der Waals surface area contributed by atoms with Gasteiger partial charge in [0.1, 0.15) is 6.10 Å². The number of nitrogens with one attached hydrogen (secondary N) is 1. The first-order chi connectivity index (χ1) is 9.16. The summed E-state index contributed by atoms with van der Waals surface area (Å²) in [4.78, 5) is 13.7. The molecule has 1 heterocycles. The monoisotopic (exact) mass is 262 g/mol. The first kappa shape index (κ1) is 14.0. The minimum atomic E-state index is -0.00624. The van der Waals surface area contributed by atoms with E-state index < -0.39 is 0 Å². The number of ether oxygens (including phenoxy) is 1. The zero-order chi connectivity index (χ0) is 13.7. The molecule has 0 bridgehead atoms. The molecule has 1 N–H and O–H groups in total. The van der Waals surface area contributed by atoms with E-state index in [0.29, 0.717) is 13.0 Å². The van der Waals surface area contributed by atoms with Crippen LogP contribution in [0.3, 0.4) is 0 Å². The van der Waals surface area contributed by atoms with Crippen molar-refractivity contribution in [3.8, 4) is 0 Å². The van der Waals surface area contributed by atoms with Gasteiger partial charge in [-0.1, -0.05) is 24.3 Å². The van der Waals surface area contributed by atoms with Crippen molar-refractivity contribution in [3.63, 3.8) is 0 Å². The minimum absolute atomic E-state index is 0.00624. The molecule has 0 spiro atoms. The molecule has 0 radical (unpaired) electrons. The van der Waals surface area contributed by atoms with Gasteiger partial charge in [0.2, 0.25) is 5.91 Å². The van der Waals surface area contributed by atoms with Crippen LogP contribution in [0.1, 0.15) is 23.7 Å². The van der Waals surface area contributed by atoms with Gasteiger partial charge in [-0.25, -0.2) is 0 Å². The summed E-state index contributed by atoms with van der Waals surface area (Å²) in [6, 6.07) is 8.30. The summed E-state index contributed by atoms with van der Waals surface area (Å²) in [6.07, 6.45) is 1.48. The lowest BCUT2D eigenvalue weighted by Crippen LogP contribution is -2.33. The molecule has 0 fully saturated rings. The highest BCUT2D eigenvalue weighted by molar-refractivity contribution is 5.76. The van der Waals surface area contributed by atoms with Crippen LogP contribution in [-0.4, -0.2) is 44.6 Å². The van der Waals surface area contributed by atoms with Gasteiger partial charge in [0.25, 0.3) is 0 Å². The Labute approximate surface area is 114 Å². The lowest BCUT2D eigenvalue weighted by molar-refractivity contribution is -0.122. The summed E-state index contributed by atoms with van der Waals surface area (Å²) < 4.78 is 5.76. The zero-order valence-electron chi connectivity index (χ0n) is 11.7. The summed E-state index contributed by atoms with van der Waals surface area (Å²) in [5.74, 6) is 0.0837. The van der Waals surface area contributed by atoms with Crippen molar-refractivity contribution < 1.29 is 9.53 Å². The van der Waals surface area contributed by atoms with Crippen LogP contribution in [-0.2, 0) is 16.0 Å². The number of fused-ring (bicyclic) bond motifs is 1. The van der Waals surface area contributed by atoms with Crippen molar-refractivity contribution in [2.24, 2.45) is 0 Å². The lowest BCUT2D eigenvalue weighted by Gasteiger charge is -2.26. The Morgan fingerprint density at radius 1 is 1.42 bits per heavy atom. The molecular formula is C15H22N2O2. The van der Waals surface area contributed by atoms with Gasteiger partial charge in [-0.05, 0) is 31.6 Å². The van der Waals surface area contributed by atoms with E-state index in [1.165, 1.54) is 11.1 Å². The topological polar surface area (TPSA) is 41.6 Å². The largest absolute Gasteiger partial charge is 0.371 e. The van der Waals surface area contributed by atoms with Crippen LogP contribution in [0.25, 0.3) is 0 Å². The van der Waals surface area contributed by atoms with E-state index in [2.05, 4.69) is 23.5 Å². The van der Waals surface area contributed by atoms with E-state index in [9.17, 15) is 4.79 Å². The number of carbonyl (C=O) groups is 1. The highest BCUT2D eigenvalue weighted by Gasteiger charge is 2.20. The molecule has 4 heteroatoms. The summed E-state index contributed by atoms with van der Waals surface area (Å²) in [5.41, 5.74) is 2.54. The van der Waals surface area contributed by atoms with Crippen LogP contribution >= 0.6 is 0 Å². The summed E-state index contributed by atoms with van der Waals surface area (Å²) in [6.45, 7) is 2.06. The molecule has 0 unspecified atom stereocenters. The Balaban J connectivity index is 1.86. The third kappa shape index (κ3) is 4.04. The van der Waals surface area contributed by atoms with E-state index >= 15 is 0 Å². The maximum Gasteiger partial charge on any atom is 0.221 e. The fourth-order valence-corrected chi connectivity index (χ4v) is 2.27. The summed E-state index contributed by atoms with van der Waals surface area (Å²) in [7, 11) is 3.93. The Hall–Kier alpha value is -1.39. The molecule has 1 atom stereocenters. The van der Waals surface area contributed by atoms with Crippen molar-refractivity contribution in [1.29, 1.82) is 0 Å². The number of rotatable bonds is 5. The number of hydrogen-bond donors (Lipinski definition) is 1. The molecule has 1 aromatic carbocycles. The third-order valence-corrected chi connectivity index (χ3v) is 3.36. The van der Waals surface area contributed by atoms with Gasteiger partial charge >= 0.3 is 0 Å². The van der Waals surface area contributed by atoms with E-state index in [0.717, 1.165) is 19.6 Å². The summed E-state index contributed by atoms with van der Waals surface area (Å²) in [5, 5.41) is 2.96. The van der Waals surface area contributed by atoms with Gasteiger partial charge in [0.15, 0.2) is 0 Å². The quantitative estimate of drug-likeness (QED) is 0.871. The molecule has 2 rings (SSSR count). The van der Waals surface area contributed by atoms with Crippen molar-refractivity contribution in [1.82, 2.24) is 10.2 Å². The van der Waals surface area contributed by atoms with E-state index in [4.69, 9.17) is 4.74 Å². The molecular weight excluding hydrogens is 240 g/mol. The highest BCUT2D eigenvalue weighted by Crippen LogP contribution is 2.26. The molecule has 4 nitrogen and oxygen atoms in total. The predicted molar refractivity (Wildman–Crippen MR) is 75.0 cm³/mol. The molecule has 1 aromatic rings. The number of benzene rings is 1. The Kier molecular flexibility index (Phi) is 4.93. The predicted octanol–water partition coefficient (Wildman–Crippen LogP) is 1.37. The van der Waals surface area contributed by atoms with E-state index in [1.54, 1.807) is 0 Å². The van der Waals surface area contributed by atoms with Gasteiger partial charge in [-0.15, -0.1) is 0 Å². The number of carbonyl (C=O) groups excluding carboxylic acids is 1. The zero-order valence-corrected chi connectivity index (χ0v) is 11.7. The minimum Gasteiger partial charge on any atom is -0.371 e. The lowest BCUT2D eigenvalue weighted by atomic mass is 9.97. The summed E-state index contributed by atoms with van der Waals surface area (Å²) >= 11 is 0. The second-order valence-corrected chi connectivity index (χ2v) is 5.17. The molecule has 1 aliphatic heterocycles.